The third kappa shape index (κ3) is 12.5. The number of hydrogen-bond acceptors (Lipinski definition) is 5. The maximum absolute atomic E-state index is 13.2. The number of ketones is 1. The van der Waals surface area contributed by atoms with Gasteiger partial charge in [-0.2, -0.15) is 0 Å². The molecular weight excluding hydrogens is 608 g/mol. The zero-order chi connectivity index (χ0) is 29.3. The Morgan fingerprint density at radius 1 is 0.857 bits per heavy atom. The molecule has 2 aromatic rings. The van der Waals surface area contributed by atoms with Gasteiger partial charge in [-0.3, -0.25) is 9.59 Å². The normalized spacial score (nSPS) is 12.5. The standard InChI is InChI=1S/C35H50N2O3S.BrH/c1-4-5-6-7-8-9-10-11-12-13-14-17-23-40-35-30(20-18-21-32(35)29(3)38)24-34(39)36-33-22-16-15-19-31(33)25-37-27-41-26-28(37)2;/h15-16,18-22,26H,4-14,17,23-25,27H2,1-3H3,(H,36,39);1H. The quantitative estimate of drug-likeness (QED) is 0.113. The van der Waals surface area contributed by atoms with Crippen LogP contribution in [-0.2, 0) is 17.8 Å². The minimum atomic E-state index is -0.114. The molecule has 0 aromatic heterocycles. The number of para-hydroxylation sites is 2. The summed E-state index contributed by atoms with van der Waals surface area (Å²) in [6.07, 6.45) is 15.6. The zero-order valence-electron chi connectivity index (χ0n) is 25.9. The number of benzene rings is 2. The van der Waals surface area contributed by atoms with Gasteiger partial charge in [-0.05, 0) is 43.4 Å². The molecule has 5 nitrogen and oxygen atoms in total. The second-order valence-electron chi connectivity index (χ2n) is 11.2. The Kier molecular flexibility index (Phi) is 17.6. The van der Waals surface area contributed by atoms with Gasteiger partial charge in [-0.1, -0.05) is 108 Å². The molecule has 0 saturated heterocycles. The Morgan fingerprint density at radius 2 is 1.48 bits per heavy atom. The van der Waals surface area contributed by atoms with Crippen molar-refractivity contribution in [1.82, 2.24) is 4.90 Å². The molecule has 0 unspecified atom stereocenters. The maximum atomic E-state index is 13.2. The maximum Gasteiger partial charge on any atom is 0.228 e. The molecule has 0 saturated carbocycles. The van der Waals surface area contributed by atoms with Crippen molar-refractivity contribution in [3.8, 4) is 5.75 Å². The van der Waals surface area contributed by atoms with Crippen LogP contribution in [0.5, 0.6) is 5.75 Å². The Balaban J connectivity index is 0.00000616. The minimum absolute atomic E-state index is 0. The molecule has 0 aliphatic carbocycles. The Bertz CT molecular complexity index is 1140. The van der Waals surface area contributed by atoms with Crippen molar-refractivity contribution in [2.75, 3.05) is 17.8 Å². The van der Waals surface area contributed by atoms with E-state index in [2.05, 4.69) is 35.5 Å². The van der Waals surface area contributed by atoms with Gasteiger partial charge in [0.05, 0.1) is 24.5 Å². The van der Waals surface area contributed by atoms with Crippen molar-refractivity contribution in [2.45, 2.75) is 111 Å². The number of halogens is 1. The van der Waals surface area contributed by atoms with Crippen LogP contribution < -0.4 is 10.1 Å². The van der Waals surface area contributed by atoms with Crippen LogP contribution in [0.3, 0.4) is 0 Å². The summed E-state index contributed by atoms with van der Waals surface area (Å²) in [7, 11) is 0. The van der Waals surface area contributed by atoms with Gasteiger partial charge in [0.2, 0.25) is 5.91 Å². The van der Waals surface area contributed by atoms with E-state index >= 15 is 0 Å². The van der Waals surface area contributed by atoms with Crippen LogP contribution in [0.2, 0.25) is 0 Å². The van der Waals surface area contributed by atoms with E-state index in [1.165, 1.54) is 69.9 Å². The number of unbranched alkanes of at least 4 members (excludes halogenated alkanes) is 11. The van der Waals surface area contributed by atoms with E-state index in [0.29, 0.717) is 17.9 Å². The Labute approximate surface area is 269 Å². The molecule has 1 aliphatic rings. The number of nitrogens with one attached hydrogen (secondary N) is 1. The lowest BCUT2D eigenvalue weighted by molar-refractivity contribution is -0.115. The summed E-state index contributed by atoms with van der Waals surface area (Å²) in [6, 6.07) is 13.5. The van der Waals surface area contributed by atoms with Gasteiger partial charge < -0.3 is 15.0 Å². The lowest BCUT2D eigenvalue weighted by Crippen LogP contribution is -2.20. The smallest absolute Gasteiger partial charge is 0.228 e. The van der Waals surface area contributed by atoms with Crippen molar-refractivity contribution >= 4 is 46.1 Å². The number of rotatable bonds is 20. The van der Waals surface area contributed by atoms with Gasteiger partial charge in [0.25, 0.3) is 0 Å². The molecule has 3 rings (SSSR count). The molecule has 0 radical (unpaired) electrons. The van der Waals surface area contributed by atoms with Crippen LogP contribution in [0, 0.1) is 0 Å². The van der Waals surface area contributed by atoms with Gasteiger partial charge >= 0.3 is 0 Å². The van der Waals surface area contributed by atoms with Crippen molar-refractivity contribution in [3.05, 3.63) is 70.3 Å². The molecule has 0 bridgehead atoms. The molecule has 1 N–H and O–H groups in total. The predicted molar refractivity (Wildman–Crippen MR) is 184 cm³/mol. The highest BCUT2D eigenvalue weighted by molar-refractivity contribution is 8.93. The summed E-state index contributed by atoms with van der Waals surface area (Å²) in [5, 5.41) is 5.28. The van der Waals surface area contributed by atoms with Gasteiger partial charge in [-0.15, -0.1) is 28.7 Å². The van der Waals surface area contributed by atoms with Crippen molar-refractivity contribution in [1.29, 1.82) is 0 Å². The molecule has 42 heavy (non-hydrogen) atoms. The van der Waals surface area contributed by atoms with Gasteiger partial charge in [0, 0.05) is 23.5 Å². The molecular formula is C35H51BrN2O3S. The van der Waals surface area contributed by atoms with Crippen LogP contribution in [-0.4, -0.2) is 29.1 Å². The molecule has 7 heteroatoms. The number of hydrogen-bond donors (Lipinski definition) is 1. The SMILES string of the molecule is Br.CCCCCCCCCCCCCCOc1c(CC(=O)Nc2ccccc2CN2CSC=C2C)cccc1C(C)=O. The average molecular weight is 660 g/mol. The highest BCUT2D eigenvalue weighted by atomic mass is 79.9. The lowest BCUT2D eigenvalue weighted by Gasteiger charge is -2.21. The fourth-order valence-electron chi connectivity index (χ4n) is 5.24. The molecule has 0 spiro atoms. The highest BCUT2D eigenvalue weighted by Gasteiger charge is 2.18. The number of anilines is 1. The molecule has 0 atom stereocenters. The molecule has 1 amide bonds. The van der Waals surface area contributed by atoms with E-state index in [1.54, 1.807) is 24.8 Å². The first-order valence-corrected chi connectivity index (χ1v) is 16.7. The van der Waals surface area contributed by atoms with Crippen molar-refractivity contribution in [3.63, 3.8) is 0 Å². The second-order valence-corrected chi connectivity index (χ2v) is 12.0. The number of carbonyl (C=O) groups is 2. The van der Waals surface area contributed by atoms with Gasteiger partial charge in [-0.25, -0.2) is 0 Å². The predicted octanol–water partition coefficient (Wildman–Crippen LogP) is 10.1. The third-order valence-corrected chi connectivity index (χ3v) is 8.68. The van der Waals surface area contributed by atoms with E-state index in [1.807, 2.05) is 30.3 Å². The summed E-state index contributed by atoms with van der Waals surface area (Å²) >= 11 is 1.79. The number of ether oxygens (including phenoxy) is 1. The average Bonchev–Trinajstić information content (AvgIpc) is 3.36. The largest absolute Gasteiger partial charge is 0.493 e. The first kappa shape index (κ1) is 35.9. The van der Waals surface area contributed by atoms with E-state index in [4.69, 9.17) is 4.74 Å². The van der Waals surface area contributed by atoms with Gasteiger partial charge in [0.1, 0.15) is 5.75 Å². The summed E-state index contributed by atoms with van der Waals surface area (Å²) in [6.45, 7) is 7.24. The Hall–Kier alpha value is -2.25. The fraction of sp³-hybridized carbons (Fsp3) is 0.543. The van der Waals surface area contributed by atoms with E-state index in [0.717, 1.165) is 42.1 Å². The monoisotopic (exact) mass is 658 g/mol. The van der Waals surface area contributed by atoms with Crippen LogP contribution in [0.15, 0.2) is 53.6 Å². The number of Topliss-reactive ketones (excluding diaryl/α,β-unsaturated/α-hetero) is 1. The molecule has 232 valence electrons. The molecule has 1 aliphatic heterocycles. The topological polar surface area (TPSA) is 58.6 Å². The summed E-state index contributed by atoms with van der Waals surface area (Å²) in [5.74, 6) is 1.32. The summed E-state index contributed by atoms with van der Waals surface area (Å²) < 4.78 is 6.18. The van der Waals surface area contributed by atoms with Crippen molar-refractivity contribution in [2.24, 2.45) is 0 Å². The Morgan fingerprint density at radius 3 is 2.10 bits per heavy atom. The van der Waals surface area contributed by atoms with E-state index in [-0.39, 0.29) is 35.1 Å². The number of carbonyl (C=O) groups excluding carboxylic acids is 2. The number of nitrogens with zero attached hydrogens (tertiary/aromatic N) is 1. The van der Waals surface area contributed by atoms with Crippen LogP contribution in [0.25, 0.3) is 0 Å². The number of allylic oxidation sites excluding steroid dienone is 1. The van der Waals surface area contributed by atoms with E-state index < -0.39 is 0 Å². The fourth-order valence-corrected chi connectivity index (χ4v) is 6.18. The lowest BCUT2D eigenvalue weighted by atomic mass is 10.0. The molecule has 1 heterocycles. The highest BCUT2D eigenvalue weighted by Crippen LogP contribution is 2.29. The summed E-state index contributed by atoms with van der Waals surface area (Å²) in [5.41, 5.74) is 4.44. The van der Waals surface area contributed by atoms with Crippen molar-refractivity contribution < 1.29 is 14.3 Å². The minimum Gasteiger partial charge on any atom is -0.493 e. The number of amides is 1. The van der Waals surface area contributed by atoms with E-state index in [9.17, 15) is 9.59 Å². The van der Waals surface area contributed by atoms with Crippen LogP contribution in [0.4, 0.5) is 5.69 Å². The first-order chi connectivity index (χ1) is 20.0. The first-order valence-electron chi connectivity index (χ1n) is 15.7. The van der Waals surface area contributed by atoms with Crippen LogP contribution >= 0.6 is 28.7 Å². The second kappa shape index (κ2) is 20.6. The van der Waals surface area contributed by atoms with Gasteiger partial charge in [0.15, 0.2) is 5.78 Å². The summed E-state index contributed by atoms with van der Waals surface area (Å²) in [4.78, 5) is 27.8. The molecule has 0 fully saturated rings. The number of thioether (sulfide) groups is 1. The van der Waals surface area contributed by atoms with Crippen LogP contribution in [0.1, 0.15) is 119 Å². The molecule has 2 aromatic carbocycles. The third-order valence-electron chi connectivity index (χ3n) is 7.71. The zero-order valence-corrected chi connectivity index (χ0v) is 28.5.